The van der Waals surface area contributed by atoms with Crippen molar-refractivity contribution in [3.8, 4) is 17.2 Å². The molecule has 23 heavy (non-hydrogen) atoms. The topological polar surface area (TPSA) is 75.7 Å². The summed E-state index contributed by atoms with van der Waals surface area (Å²) in [5.41, 5.74) is 0. The Hall–Kier alpha value is -3.22. The van der Waals surface area contributed by atoms with Crippen molar-refractivity contribution in [3.05, 3.63) is 60.3 Å². The first kappa shape index (κ1) is 13.4. The summed E-state index contributed by atoms with van der Waals surface area (Å²) in [7, 11) is 0. The molecule has 4 rings (SSSR count). The Kier molecular flexibility index (Phi) is 3.23. The number of hydrogen-bond acceptors (Lipinski definition) is 6. The smallest absolute Gasteiger partial charge is 0.313 e. The Morgan fingerprint density at radius 3 is 3.00 bits per heavy atom. The molecule has 0 amide bonds. The molecule has 0 spiro atoms. The summed E-state index contributed by atoms with van der Waals surface area (Å²) in [6.45, 7) is 0.419. The van der Waals surface area contributed by atoms with Crippen LogP contribution >= 0.6 is 0 Å². The minimum Gasteiger partial charge on any atom is -0.486 e. The molecule has 0 fully saturated rings. The maximum atomic E-state index is 12.1. The van der Waals surface area contributed by atoms with Crippen molar-refractivity contribution in [1.29, 1.82) is 0 Å². The molecule has 1 aliphatic rings. The van der Waals surface area contributed by atoms with Gasteiger partial charge in [0.05, 0.1) is 0 Å². The summed E-state index contributed by atoms with van der Waals surface area (Å²) < 4.78 is 22.9. The second kappa shape index (κ2) is 5.53. The van der Waals surface area contributed by atoms with Crippen LogP contribution in [-0.4, -0.2) is 22.5 Å². The fraction of sp³-hybridized carbons (Fsp3) is 0.125. The molecule has 0 N–H and O–H groups in total. The highest BCUT2D eigenvalue weighted by Gasteiger charge is 2.15. The molecule has 0 bridgehead atoms. The van der Waals surface area contributed by atoms with Crippen molar-refractivity contribution < 1.29 is 23.4 Å². The summed E-state index contributed by atoms with van der Waals surface area (Å²) >= 11 is 0. The Balaban J connectivity index is 1.43. The van der Waals surface area contributed by atoms with E-state index in [1.807, 2.05) is 0 Å². The third-order valence-electron chi connectivity index (χ3n) is 3.31. The number of carbonyl (C=O) groups excluding carboxylic acids is 1. The van der Waals surface area contributed by atoms with Crippen LogP contribution in [0.3, 0.4) is 0 Å². The van der Waals surface area contributed by atoms with Gasteiger partial charge in [0, 0.05) is 18.5 Å². The van der Waals surface area contributed by atoms with Crippen molar-refractivity contribution in [1.82, 2.24) is 9.78 Å². The van der Waals surface area contributed by atoms with E-state index >= 15 is 0 Å². The lowest BCUT2D eigenvalue weighted by Gasteiger charge is -2.05. The number of aromatic nitrogens is 2. The molecular weight excluding hydrogens is 300 g/mol. The van der Waals surface area contributed by atoms with Gasteiger partial charge in [0.2, 0.25) is 6.79 Å². The van der Waals surface area contributed by atoms with Gasteiger partial charge in [-0.05, 0) is 30.3 Å². The molecule has 116 valence electrons. The number of furan rings is 1. The number of fused-ring (bicyclic) bond motifs is 1. The van der Waals surface area contributed by atoms with Gasteiger partial charge in [-0.2, -0.15) is 5.10 Å². The van der Waals surface area contributed by atoms with E-state index in [-0.39, 0.29) is 25.1 Å². The lowest BCUT2D eigenvalue weighted by Crippen LogP contribution is -2.11. The Labute approximate surface area is 131 Å². The normalized spacial score (nSPS) is 12.3. The molecule has 7 heteroatoms. The second-order valence-electron chi connectivity index (χ2n) is 4.83. The van der Waals surface area contributed by atoms with Crippen LogP contribution in [0.5, 0.6) is 17.2 Å². The number of rotatable bonds is 4. The van der Waals surface area contributed by atoms with Gasteiger partial charge in [-0.3, -0.25) is 4.79 Å². The van der Waals surface area contributed by atoms with Crippen molar-refractivity contribution in [2.45, 2.75) is 6.61 Å². The first-order valence-electron chi connectivity index (χ1n) is 6.95. The van der Waals surface area contributed by atoms with Crippen LogP contribution in [0.15, 0.2) is 53.2 Å². The minimum absolute atomic E-state index is 0.200. The molecule has 3 aromatic rings. The molecule has 2 aromatic heterocycles. The molecule has 3 heterocycles. The van der Waals surface area contributed by atoms with Gasteiger partial charge in [-0.1, -0.05) is 0 Å². The average Bonchev–Trinajstić information content (AvgIpc) is 3.32. The molecule has 7 nitrogen and oxygen atoms in total. The molecular formula is C16H12N2O5. The van der Waals surface area contributed by atoms with Crippen LogP contribution in [0.4, 0.5) is 0 Å². The molecule has 0 saturated carbocycles. The summed E-state index contributed by atoms with van der Waals surface area (Å²) in [4.78, 5) is 12.1. The van der Waals surface area contributed by atoms with Gasteiger partial charge < -0.3 is 18.6 Å². The zero-order valence-electron chi connectivity index (χ0n) is 12.0. The highest BCUT2D eigenvalue weighted by molar-refractivity contribution is 5.92. The zero-order chi connectivity index (χ0) is 15.6. The fourth-order valence-electron chi connectivity index (χ4n) is 2.19. The van der Waals surface area contributed by atoms with Gasteiger partial charge in [-0.15, -0.1) is 0 Å². The van der Waals surface area contributed by atoms with Crippen LogP contribution in [-0.2, 0) is 6.61 Å². The Morgan fingerprint density at radius 2 is 2.13 bits per heavy atom. The van der Waals surface area contributed by atoms with Crippen LogP contribution in [0.1, 0.15) is 16.3 Å². The summed E-state index contributed by atoms with van der Waals surface area (Å²) in [6, 6.07) is 10.3. The van der Waals surface area contributed by atoms with Crippen LogP contribution in [0.2, 0.25) is 0 Å². The third-order valence-corrected chi connectivity index (χ3v) is 3.31. The van der Waals surface area contributed by atoms with Gasteiger partial charge >= 0.3 is 5.91 Å². The van der Waals surface area contributed by atoms with Crippen LogP contribution in [0, 0.1) is 0 Å². The summed E-state index contributed by atoms with van der Waals surface area (Å²) in [5, 5.41) is 3.88. The van der Waals surface area contributed by atoms with Crippen molar-refractivity contribution in [2.75, 3.05) is 6.79 Å². The van der Waals surface area contributed by atoms with E-state index in [0.29, 0.717) is 23.0 Å². The van der Waals surface area contributed by atoms with E-state index in [1.165, 1.54) is 10.9 Å². The SMILES string of the molecule is O=C(c1ccc(COc2ccc3c(c2)OCO3)o1)n1cccn1. The molecule has 1 aromatic carbocycles. The molecule has 0 atom stereocenters. The monoisotopic (exact) mass is 312 g/mol. The van der Waals surface area contributed by atoms with Gasteiger partial charge in [0.15, 0.2) is 17.3 Å². The summed E-state index contributed by atoms with van der Waals surface area (Å²) in [6.07, 6.45) is 3.10. The Morgan fingerprint density at radius 1 is 1.22 bits per heavy atom. The van der Waals surface area contributed by atoms with Crippen LogP contribution < -0.4 is 14.2 Å². The van der Waals surface area contributed by atoms with E-state index < -0.39 is 0 Å². The van der Waals surface area contributed by atoms with E-state index in [9.17, 15) is 4.79 Å². The standard InChI is InChI=1S/C16H12N2O5/c19-16(18-7-1-6-17-18)14-5-3-12(23-14)9-20-11-2-4-13-15(8-11)22-10-21-13/h1-8H,9-10H2. The molecule has 0 aliphatic carbocycles. The zero-order valence-corrected chi connectivity index (χ0v) is 12.0. The molecule has 0 saturated heterocycles. The number of ether oxygens (including phenoxy) is 3. The fourth-order valence-corrected chi connectivity index (χ4v) is 2.19. The first-order chi connectivity index (χ1) is 11.3. The predicted octanol–water partition coefficient (Wildman–Crippen LogP) is 2.47. The van der Waals surface area contributed by atoms with E-state index in [2.05, 4.69) is 5.10 Å². The largest absolute Gasteiger partial charge is 0.486 e. The number of benzene rings is 1. The van der Waals surface area contributed by atoms with Gasteiger partial charge in [0.25, 0.3) is 0 Å². The van der Waals surface area contributed by atoms with E-state index in [0.717, 1.165) is 0 Å². The predicted molar refractivity (Wildman–Crippen MR) is 77.6 cm³/mol. The molecule has 0 unspecified atom stereocenters. The first-order valence-corrected chi connectivity index (χ1v) is 6.95. The highest BCUT2D eigenvalue weighted by atomic mass is 16.7. The highest BCUT2D eigenvalue weighted by Crippen LogP contribution is 2.35. The average molecular weight is 312 g/mol. The number of hydrogen-bond donors (Lipinski definition) is 0. The lowest BCUT2D eigenvalue weighted by molar-refractivity contribution is 0.0913. The van der Waals surface area contributed by atoms with E-state index in [1.54, 1.807) is 42.6 Å². The second-order valence-corrected chi connectivity index (χ2v) is 4.83. The number of carbonyl (C=O) groups is 1. The Bertz CT molecular complexity index is 838. The van der Waals surface area contributed by atoms with Crippen molar-refractivity contribution in [3.63, 3.8) is 0 Å². The maximum Gasteiger partial charge on any atom is 0.313 e. The lowest BCUT2D eigenvalue weighted by atomic mass is 10.3. The molecule has 0 radical (unpaired) electrons. The number of nitrogens with zero attached hydrogens (tertiary/aromatic N) is 2. The van der Waals surface area contributed by atoms with Gasteiger partial charge in [-0.25, -0.2) is 4.68 Å². The van der Waals surface area contributed by atoms with Crippen molar-refractivity contribution in [2.24, 2.45) is 0 Å². The van der Waals surface area contributed by atoms with Crippen molar-refractivity contribution >= 4 is 5.91 Å². The quantitative estimate of drug-likeness (QED) is 0.736. The van der Waals surface area contributed by atoms with Crippen LogP contribution in [0.25, 0.3) is 0 Å². The minimum atomic E-state index is -0.329. The molecule has 1 aliphatic heterocycles. The maximum absolute atomic E-state index is 12.1. The van der Waals surface area contributed by atoms with Gasteiger partial charge in [0.1, 0.15) is 18.1 Å². The summed E-state index contributed by atoms with van der Waals surface area (Å²) in [5.74, 6) is 2.39. The van der Waals surface area contributed by atoms with E-state index in [4.69, 9.17) is 18.6 Å². The third kappa shape index (κ3) is 2.64.